The third-order valence-electron chi connectivity index (χ3n) is 4.05. The zero-order valence-corrected chi connectivity index (χ0v) is 15.7. The van der Waals surface area contributed by atoms with Crippen molar-refractivity contribution >= 4 is 22.0 Å². The second kappa shape index (κ2) is 8.23. The van der Waals surface area contributed by atoms with Crippen LogP contribution in [-0.4, -0.2) is 18.3 Å². The maximum atomic E-state index is 13.2. The molecule has 1 atom stereocenters. The molecule has 2 aromatic carbocycles. The molecule has 5 nitrogen and oxygen atoms in total. The first kappa shape index (κ1) is 19.8. The van der Waals surface area contributed by atoms with E-state index in [1.165, 1.54) is 17.8 Å². The van der Waals surface area contributed by atoms with Gasteiger partial charge in [-0.05, 0) is 29.8 Å². The Morgan fingerprint density at radius 3 is 2.04 bits per heavy atom. The molecule has 3 rings (SSSR count). The molecule has 26 heavy (non-hydrogen) atoms. The minimum atomic E-state index is -3.11. The van der Waals surface area contributed by atoms with Gasteiger partial charge in [-0.2, -0.15) is 5.10 Å². The van der Waals surface area contributed by atoms with E-state index in [2.05, 4.69) is 37.9 Å². The fourth-order valence-corrected chi connectivity index (χ4v) is 2.73. The predicted molar refractivity (Wildman–Crippen MR) is 99.3 cm³/mol. The van der Waals surface area contributed by atoms with E-state index in [-0.39, 0.29) is 17.3 Å². The predicted octanol–water partition coefficient (Wildman–Crippen LogP) is 4.18. The Labute approximate surface area is 154 Å². The van der Waals surface area contributed by atoms with Crippen molar-refractivity contribution in [2.45, 2.75) is 33.2 Å². The molecule has 1 aliphatic heterocycles. The van der Waals surface area contributed by atoms with Gasteiger partial charge in [0, 0.05) is 17.5 Å². The van der Waals surface area contributed by atoms with Gasteiger partial charge < -0.3 is 0 Å². The molecule has 0 fully saturated rings. The number of para-hydroxylation sites is 1. The zero-order valence-electron chi connectivity index (χ0n) is 14.9. The molecule has 0 amide bonds. The lowest BCUT2D eigenvalue weighted by atomic mass is 9.86. The van der Waals surface area contributed by atoms with Gasteiger partial charge in [-0.3, -0.25) is 5.01 Å². The normalized spacial score (nSPS) is 16.5. The Hall–Kier alpha value is -2.54. The van der Waals surface area contributed by atoms with Crippen molar-refractivity contribution in [1.29, 1.82) is 0 Å². The quantitative estimate of drug-likeness (QED) is 0.789. The van der Waals surface area contributed by atoms with Gasteiger partial charge >= 0.3 is 10.6 Å². The lowest BCUT2D eigenvalue weighted by molar-refractivity contribution is 0.559. The van der Waals surface area contributed by atoms with Crippen LogP contribution in [-0.2, 0) is 10.6 Å². The van der Waals surface area contributed by atoms with E-state index >= 15 is 0 Å². The summed E-state index contributed by atoms with van der Waals surface area (Å²) in [6.45, 7) is 6.55. The largest absolute Gasteiger partial charge is 0.425 e. The van der Waals surface area contributed by atoms with Crippen LogP contribution in [0, 0.1) is 11.2 Å². The van der Waals surface area contributed by atoms with E-state index < -0.39 is 10.6 Å². The summed E-state index contributed by atoms with van der Waals surface area (Å²) in [5.41, 5.74) is 3.36. The van der Waals surface area contributed by atoms with Crippen LogP contribution in [0.25, 0.3) is 0 Å². The van der Waals surface area contributed by atoms with E-state index in [4.69, 9.17) is 17.7 Å². The monoisotopic (exact) mass is 376 g/mol. The van der Waals surface area contributed by atoms with Crippen LogP contribution >= 0.6 is 0 Å². The fourth-order valence-electron chi connectivity index (χ4n) is 2.73. The third-order valence-corrected chi connectivity index (χ3v) is 4.05. The van der Waals surface area contributed by atoms with E-state index in [9.17, 15) is 4.39 Å². The maximum absolute atomic E-state index is 13.2. The van der Waals surface area contributed by atoms with Crippen LogP contribution in [0.1, 0.15) is 38.8 Å². The summed E-state index contributed by atoms with van der Waals surface area (Å²) in [6, 6.07) is 17.0. The smallest absolute Gasteiger partial charge is 0.258 e. The summed E-state index contributed by atoms with van der Waals surface area (Å²) in [5.74, 6) is -0.204. The summed E-state index contributed by atoms with van der Waals surface area (Å²) in [5, 5.41) is 6.93. The summed E-state index contributed by atoms with van der Waals surface area (Å²) in [6.07, 6.45) is 0.865. The fraction of sp³-hybridized carbons (Fsp3) is 0.316. The van der Waals surface area contributed by atoms with Crippen molar-refractivity contribution in [1.82, 2.24) is 0 Å². The first-order chi connectivity index (χ1) is 12.2. The molecule has 0 aliphatic carbocycles. The van der Waals surface area contributed by atoms with E-state index in [1.54, 1.807) is 0 Å². The lowest BCUT2D eigenvalue weighted by Gasteiger charge is -2.24. The second-order valence-electron chi connectivity index (χ2n) is 6.95. The minimum Gasteiger partial charge on any atom is -0.258 e. The zero-order chi connectivity index (χ0) is 19.3. The highest BCUT2D eigenvalue weighted by atomic mass is 32.2. The van der Waals surface area contributed by atoms with E-state index in [0.717, 1.165) is 17.7 Å². The molecule has 0 radical (unpaired) electrons. The van der Waals surface area contributed by atoms with Crippen LogP contribution in [0.5, 0.6) is 0 Å². The standard InChI is InChI=1S/C19H21FN2.O3S/c1-19(2,3)18-13-17(14-9-11-15(20)12-10-14)22(21-18)16-7-5-4-6-8-16;1-4(2)3/h4-12,17H,13H2,1-3H3;. The van der Waals surface area contributed by atoms with E-state index in [1.807, 2.05) is 30.3 Å². The molecule has 0 aromatic heterocycles. The van der Waals surface area contributed by atoms with Gasteiger partial charge in [-0.25, -0.2) is 4.39 Å². The van der Waals surface area contributed by atoms with Gasteiger partial charge in [0.25, 0.3) is 0 Å². The molecular weight excluding hydrogens is 355 g/mol. The first-order valence-electron chi connectivity index (χ1n) is 8.13. The Kier molecular flexibility index (Phi) is 6.26. The van der Waals surface area contributed by atoms with Crippen molar-refractivity contribution in [2.75, 3.05) is 5.01 Å². The molecule has 0 saturated carbocycles. The summed E-state index contributed by atoms with van der Waals surface area (Å²) < 4.78 is 38.6. The number of hydrogen-bond acceptors (Lipinski definition) is 5. The highest BCUT2D eigenvalue weighted by molar-refractivity contribution is 7.59. The Morgan fingerprint density at radius 1 is 1.00 bits per heavy atom. The molecular formula is C19H21FN2O3S. The Morgan fingerprint density at radius 2 is 1.54 bits per heavy atom. The molecule has 1 aliphatic rings. The molecule has 7 heteroatoms. The van der Waals surface area contributed by atoms with Gasteiger partial charge in [0.05, 0.1) is 11.7 Å². The van der Waals surface area contributed by atoms with Crippen molar-refractivity contribution in [3.63, 3.8) is 0 Å². The highest BCUT2D eigenvalue weighted by Crippen LogP contribution is 2.39. The number of halogens is 1. The number of hydrazone groups is 1. The average Bonchev–Trinajstić information content (AvgIpc) is 3.01. The van der Waals surface area contributed by atoms with Crippen LogP contribution in [0.15, 0.2) is 59.7 Å². The average molecular weight is 376 g/mol. The van der Waals surface area contributed by atoms with Crippen LogP contribution in [0.4, 0.5) is 10.1 Å². The molecule has 1 unspecified atom stereocenters. The van der Waals surface area contributed by atoms with Gasteiger partial charge in [0.15, 0.2) is 0 Å². The summed E-state index contributed by atoms with van der Waals surface area (Å²) in [4.78, 5) is 0. The Bertz CT molecular complexity index is 867. The van der Waals surface area contributed by atoms with Crippen molar-refractivity contribution in [3.05, 3.63) is 66.0 Å². The van der Waals surface area contributed by atoms with Crippen LogP contribution in [0.3, 0.4) is 0 Å². The SMILES string of the molecule is CC(C)(C)C1=NN(c2ccccc2)C(c2ccc(F)cc2)C1.O=S(=O)=O. The number of rotatable bonds is 2. The minimum absolute atomic E-state index is 0.0296. The van der Waals surface area contributed by atoms with Crippen molar-refractivity contribution in [2.24, 2.45) is 10.5 Å². The van der Waals surface area contributed by atoms with Gasteiger partial charge in [-0.1, -0.05) is 51.1 Å². The van der Waals surface area contributed by atoms with Crippen molar-refractivity contribution < 1.29 is 17.0 Å². The van der Waals surface area contributed by atoms with Crippen molar-refractivity contribution in [3.8, 4) is 0 Å². The molecule has 0 saturated heterocycles. The second-order valence-corrected chi connectivity index (χ2v) is 7.36. The number of anilines is 1. The first-order valence-corrected chi connectivity index (χ1v) is 9.13. The number of benzene rings is 2. The molecule has 1 heterocycles. The van der Waals surface area contributed by atoms with Gasteiger partial charge in [-0.15, -0.1) is 12.6 Å². The summed E-state index contributed by atoms with van der Waals surface area (Å²) >= 11 is 0. The topological polar surface area (TPSA) is 66.8 Å². The third kappa shape index (κ3) is 5.23. The molecule has 2 aromatic rings. The van der Waals surface area contributed by atoms with E-state index in [0.29, 0.717) is 0 Å². The number of hydrogen-bond donors (Lipinski definition) is 0. The molecule has 0 N–H and O–H groups in total. The van der Waals surface area contributed by atoms with Crippen LogP contribution in [0.2, 0.25) is 0 Å². The van der Waals surface area contributed by atoms with Gasteiger partial charge in [0.1, 0.15) is 5.82 Å². The Balaban J connectivity index is 0.000000552. The molecule has 0 bridgehead atoms. The maximum Gasteiger partial charge on any atom is 0.425 e. The van der Waals surface area contributed by atoms with Crippen LogP contribution < -0.4 is 5.01 Å². The lowest BCUT2D eigenvalue weighted by Crippen LogP contribution is -2.19. The summed E-state index contributed by atoms with van der Waals surface area (Å²) in [7, 11) is -3.11. The number of nitrogens with zero attached hydrogens (tertiary/aromatic N) is 2. The molecule has 0 spiro atoms. The van der Waals surface area contributed by atoms with Gasteiger partial charge in [0.2, 0.25) is 0 Å². The highest BCUT2D eigenvalue weighted by Gasteiger charge is 2.34. The molecule has 138 valence electrons.